The molecule has 1 atom stereocenters. The summed E-state index contributed by atoms with van der Waals surface area (Å²) >= 11 is 11.7. The largest absolute Gasteiger partial charge is 0.480 e. The first-order valence-corrected chi connectivity index (χ1v) is 7.25. The summed E-state index contributed by atoms with van der Waals surface area (Å²) in [5, 5.41) is 12.6. The molecule has 22 heavy (non-hydrogen) atoms. The number of hydrogen-bond acceptors (Lipinski definition) is 2. The van der Waals surface area contributed by atoms with Crippen LogP contribution >= 0.6 is 23.2 Å². The summed E-state index contributed by atoms with van der Waals surface area (Å²) in [6, 6.07) is 12.2. The number of benzene rings is 2. The molecule has 2 rings (SSSR count). The minimum atomic E-state index is -1.12. The Labute approximate surface area is 137 Å². The Hall–Kier alpha value is -2.04. The first-order valence-electron chi connectivity index (χ1n) is 6.50. The lowest BCUT2D eigenvalue weighted by atomic mass is 10.1. The zero-order valence-electron chi connectivity index (χ0n) is 11.4. The second kappa shape index (κ2) is 7.29. The first-order chi connectivity index (χ1) is 10.5. The molecule has 0 heterocycles. The molecule has 114 valence electrons. The van der Waals surface area contributed by atoms with E-state index in [9.17, 15) is 14.7 Å². The predicted molar refractivity (Wildman–Crippen MR) is 85.5 cm³/mol. The predicted octanol–water partition coefficient (Wildman–Crippen LogP) is 3.42. The lowest BCUT2D eigenvalue weighted by molar-refractivity contribution is -0.139. The number of carboxylic acids is 1. The molecular formula is C16H13Cl2NO3. The van der Waals surface area contributed by atoms with Crippen molar-refractivity contribution in [2.45, 2.75) is 12.5 Å². The normalized spacial score (nSPS) is 11.7. The third-order valence-corrected chi connectivity index (χ3v) is 3.66. The zero-order chi connectivity index (χ0) is 16.1. The first kappa shape index (κ1) is 16.3. The molecule has 0 bridgehead atoms. The number of hydrogen-bond donors (Lipinski definition) is 2. The topological polar surface area (TPSA) is 66.4 Å². The number of carbonyl (C=O) groups is 2. The van der Waals surface area contributed by atoms with E-state index in [1.165, 1.54) is 0 Å². The van der Waals surface area contributed by atoms with Gasteiger partial charge < -0.3 is 10.4 Å². The van der Waals surface area contributed by atoms with E-state index in [-0.39, 0.29) is 17.0 Å². The lowest BCUT2D eigenvalue weighted by Gasteiger charge is -2.15. The molecule has 2 aromatic carbocycles. The molecule has 2 aromatic rings. The Morgan fingerprint density at radius 3 is 2.27 bits per heavy atom. The molecule has 0 spiro atoms. The summed E-state index contributed by atoms with van der Waals surface area (Å²) in [5.41, 5.74) is 1.00. The van der Waals surface area contributed by atoms with Crippen LogP contribution in [-0.2, 0) is 11.2 Å². The second-order valence-corrected chi connectivity index (χ2v) is 5.52. The minimum absolute atomic E-state index is 0.155. The number of halogens is 2. The number of carbonyl (C=O) groups excluding carboxylic acids is 1. The van der Waals surface area contributed by atoms with Crippen molar-refractivity contribution < 1.29 is 14.7 Å². The summed E-state index contributed by atoms with van der Waals surface area (Å²) < 4.78 is 0. The monoisotopic (exact) mass is 337 g/mol. The van der Waals surface area contributed by atoms with Gasteiger partial charge in [-0.25, -0.2) is 4.79 Å². The quantitative estimate of drug-likeness (QED) is 0.878. The molecule has 0 saturated heterocycles. The summed E-state index contributed by atoms with van der Waals surface area (Å²) in [5.74, 6) is -1.64. The summed E-state index contributed by atoms with van der Waals surface area (Å²) in [4.78, 5) is 23.5. The molecule has 0 aliphatic rings. The number of amides is 1. The number of carboxylic acid groups (broad SMARTS) is 1. The van der Waals surface area contributed by atoms with Gasteiger partial charge >= 0.3 is 5.97 Å². The fourth-order valence-corrected chi connectivity index (χ4v) is 2.29. The Kier molecular flexibility index (Phi) is 5.41. The van der Waals surface area contributed by atoms with Gasteiger partial charge in [0.2, 0.25) is 0 Å². The van der Waals surface area contributed by atoms with E-state index in [0.717, 1.165) is 5.56 Å². The fraction of sp³-hybridized carbons (Fsp3) is 0.125. The maximum atomic E-state index is 12.1. The third-order valence-electron chi connectivity index (χ3n) is 3.07. The molecule has 0 aliphatic heterocycles. The average molecular weight is 338 g/mol. The van der Waals surface area contributed by atoms with Gasteiger partial charge in [-0.05, 0) is 29.8 Å². The molecule has 6 heteroatoms. The number of rotatable bonds is 5. The highest BCUT2D eigenvalue weighted by atomic mass is 35.5. The van der Waals surface area contributed by atoms with E-state index in [1.807, 2.05) is 0 Å². The van der Waals surface area contributed by atoms with Gasteiger partial charge in [-0.1, -0.05) is 47.5 Å². The molecule has 2 N–H and O–H groups in total. The van der Waals surface area contributed by atoms with Crippen LogP contribution in [0, 0.1) is 0 Å². The van der Waals surface area contributed by atoms with Crippen LogP contribution in [0.3, 0.4) is 0 Å². The Morgan fingerprint density at radius 2 is 1.68 bits per heavy atom. The van der Waals surface area contributed by atoms with Gasteiger partial charge in [0.15, 0.2) is 0 Å². The van der Waals surface area contributed by atoms with Crippen molar-refractivity contribution in [3.8, 4) is 0 Å². The Morgan fingerprint density at radius 1 is 1.05 bits per heavy atom. The van der Waals surface area contributed by atoms with Gasteiger partial charge in [-0.2, -0.15) is 0 Å². The van der Waals surface area contributed by atoms with E-state index in [2.05, 4.69) is 5.32 Å². The van der Waals surface area contributed by atoms with Crippen LogP contribution in [-0.4, -0.2) is 23.0 Å². The molecule has 0 fully saturated rings. The second-order valence-electron chi connectivity index (χ2n) is 4.67. The standard InChI is InChI=1S/C16H13Cl2NO3/c17-11-7-5-10(6-8-11)9-14(16(21)22)19-15(20)12-3-1-2-4-13(12)18/h1-8,14H,9H2,(H,19,20)(H,21,22)/t14-/m1/s1. The molecule has 0 saturated carbocycles. The summed E-state index contributed by atoms with van der Waals surface area (Å²) in [6.07, 6.45) is 0.155. The molecule has 4 nitrogen and oxygen atoms in total. The van der Waals surface area contributed by atoms with Crippen LogP contribution in [0.15, 0.2) is 48.5 Å². The maximum Gasteiger partial charge on any atom is 0.326 e. The molecule has 0 unspecified atom stereocenters. The van der Waals surface area contributed by atoms with Crippen molar-refractivity contribution in [2.24, 2.45) is 0 Å². The van der Waals surface area contributed by atoms with Gasteiger partial charge in [0.1, 0.15) is 6.04 Å². The van der Waals surface area contributed by atoms with Crippen molar-refractivity contribution in [2.75, 3.05) is 0 Å². The van der Waals surface area contributed by atoms with Crippen LogP contribution in [0.4, 0.5) is 0 Å². The molecule has 0 radical (unpaired) electrons. The van der Waals surface area contributed by atoms with Crippen molar-refractivity contribution in [3.63, 3.8) is 0 Å². The Balaban J connectivity index is 2.12. The van der Waals surface area contributed by atoms with E-state index in [4.69, 9.17) is 23.2 Å². The Bertz CT molecular complexity index is 686. The third kappa shape index (κ3) is 4.23. The van der Waals surface area contributed by atoms with Crippen LogP contribution in [0.2, 0.25) is 10.0 Å². The van der Waals surface area contributed by atoms with E-state index in [1.54, 1.807) is 48.5 Å². The summed E-state index contributed by atoms with van der Waals surface area (Å²) in [6.45, 7) is 0. The molecule has 1 amide bonds. The smallest absolute Gasteiger partial charge is 0.326 e. The SMILES string of the molecule is O=C(N[C@H](Cc1ccc(Cl)cc1)C(=O)O)c1ccccc1Cl. The van der Waals surface area contributed by atoms with Crippen LogP contribution in [0.1, 0.15) is 15.9 Å². The maximum absolute atomic E-state index is 12.1. The lowest BCUT2D eigenvalue weighted by Crippen LogP contribution is -2.42. The van der Waals surface area contributed by atoms with E-state index in [0.29, 0.717) is 5.02 Å². The molecular weight excluding hydrogens is 325 g/mol. The van der Waals surface area contributed by atoms with Crippen LogP contribution in [0.25, 0.3) is 0 Å². The van der Waals surface area contributed by atoms with E-state index < -0.39 is 17.9 Å². The molecule has 0 aromatic heterocycles. The van der Waals surface area contributed by atoms with Crippen molar-refractivity contribution in [1.82, 2.24) is 5.32 Å². The van der Waals surface area contributed by atoms with Gasteiger partial charge in [-0.3, -0.25) is 4.79 Å². The van der Waals surface area contributed by atoms with Crippen molar-refractivity contribution in [3.05, 3.63) is 69.7 Å². The minimum Gasteiger partial charge on any atom is -0.480 e. The van der Waals surface area contributed by atoms with Crippen LogP contribution < -0.4 is 5.32 Å². The molecule has 0 aliphatic carbocycles. The fourth-order valence-electron chi connectivity index (χ4n) is 1.94. The van der Waals surface area contributed by atoms with Gasteiger partial charge in [-0.15, -0.1) is 0 Å². The number of aliphatic carboxylic acids is 1. The zero-order valence-corrected chi connectivity index (χ0v) is 12.9. The van der Waals surface area contributed by atoms with Gasteiger partial charge in [0.05, 0.1) is 10.6 Å². The highest BCUT2D eigenvalue weighted by molar-refractivity contribution is 6.33. The van der Waals surface area contributed by atoms with Gasteiger partial charge in [0.25, 0.3) is 5.91 Å². The van der Waals surface area contributed by atoms with Crippen molar-refractivity contribution in [1.29, 1.82) is 0 Å². The van der Waals surface area contributed by atoms with Crippen LogP contribution in [0.5, 0.6) is 0 Å². The van der Waals surface area contributed by atoms with E-state index >= 15 is 0 Å². The highest BCUT2D eigenvalue weighted by Crippen LogP contribution is 2.16. The van der Waals surface area contributed by atoms with Crippen molar-refractivity contribution >= 4 is 35.1 Å². The highest BCUT2D eigenvalue weighted by Gasteiger charge is 2.22. The van der Waals surface area contributed by atoms with Gasteiger partial charge in [0, 0.05) is 11.4 Å². The average Bonchev–Trinajstić information content (AvgIpc) is 2.49. The number of nitrogens with one attached hydrogen (secondary N) is 1. The summed E-state index contributed by atoms with van der Waals surface area (Å²) in [7, 11) is 0.